The first kappa shape index (κ1) is 14.8. The van der Waals surface area contributed by atoms with Gasteiger partial charge in [-0.05, 0) is 57.2 Å². The Morgan fingerprint density at radius 2 is 1.95 bits per heavy atom. The Balaban J connectivity index is 1.76. The maximum Gasteiger partial charge on any atom is 0.310 e. The molecule has 2 aliphatic rings. The van der Waals surface area contributed by atoms with Crippen molar-refractivity contribution in [2.24, 2.45) is 16.7 Å². The van der Waals surface area contributed by atoms with Crippen LogP contribution in [0.5, 0.6) is 0 Å². The first-order valence-corrected chi connectivity index (χ1v) is 7.48. The Bertz CT molecular complexity index is 329. The molecule has 2 rings (SSSR count). The summed E-state index contributed by atoms with van der Waals surface area (Å²) in [6.07, 6.45) is 4.19. The molecule has 0 amide bonds. The largest absolute Gasteiger partial charge is 0.481 e. The summed E-state index contributed by atoms with van der Waals surface area (Å²) in [4.78, 5) is 13.5. The number of aliphatic carboxylic acids is 1. The highest BCUT2D eigenvalue weighted by Gasteiger charge is 2.50. The van der Waals surface area contributed by atoms with Gasteiger partial charge in [0.2, 0.25) is 0 Å². The predicted octanol–water partition coefficient (Wildman–Crippen LogP) is 1.81. The minimum absolute atomic E-state index is 0.260. The fourth-order valence-electron chi connectivity index (χ4n) is 3.18. The standard InChI is InChI=1S/C15H28N2O2/c1-14(2,12-4-8-17(3)9-5-12)10-16-11-15(6-7-15)13(18)19/h12,16H,4-11H2,1-3H3,(H,18,19). The van der Waals surface area contributed by atoms with Crippen LogP contribution in [0.3, 0.4) is 0 Å². The minimum atomic E-state index is -0.628. The van der Waals surface area contributed by atoms with Crippen molar-refractivity contribution in [3.8, 4) is 0 Å². The summed E-state index contributed by atoms with van der Waals surface area (Å²) < 4.78 is 0. The Morgan fingerprint density at radius 1 is 1.37 bits per heavy atom. The third kappa shape index (κ3) is 3.48. The number of nitrogens with one attached hydrogen (secondary N) is 1. The number of rotatable bonds is 6. The van der Waals surface area contributed by atoms with Crippen molar-refractivity contribution >= 4 is 5.97 Å². The Hall–Kier alpha value is -0.610. The third-order valence-electron chi connectivity index (χ3n) is 5.17. The molecule has 0 aromatic rings. The van der Waals surface area contributed by atoms with E-state index in [1.165, 1.54) is 25.9 Å². The quantitative estimate of drug-likeness (QED) is 0.771. The highest BCUT2D eigenvalue weighted by Crippen LogP contribution is 2.45. The Morgan fingerprint density at radius 3 is 2.42 bits per heavy atom. The lowest BCUT2D eigenvalue weighted by Crippen LogP contribution is -2.43. The number of hydrogen-bond acceptors (Lipinski definition) is 3. The highest BCUT2D eigenvalue weighted by atomic mass is 16.4. The van der Waals surface area contributed by atoms with E-state index in [1.807, 2.05) is 0 Å². The van der Waals surface area contributed by atoms with Gasteiger partial charge in [0.15, 0.2) is 0 Å². The molecule has 19 heavy (non-hydrogen) atoms. The molecular weight excluding hydrogens is 240 g/mol. The maximum absolute atomic E-state index is 11.1. The molecule has 0 atom stereocenters. The number of carboxylic acids is 1. The molecule has 2 N–H and O–H groups in total. The predicted molar refractivity (Wildman–Crippen MR) is 76.2 cm³/mol. The number of carbonyl (C=O) groups is 1. The van der Waals surface area contributed by atoms with Crippen molar-refractivity contribution in [1.29, 1.82) is 0 Å². The lowest BCUT2D eigenvalue weighted by molar-refractivity contribution is -0.143. The summed E-state index contributed by atoms with van der Waals surface area (Å²) in [5.41, 5.74) is -0.182. The van der Waals surface area contributed by atoms with Gasteiger partial charge < -0.3 is 15.3 Å². The SMILES string of the molecule is CN1CCC(C(C)(C)CNCC2(C(=O)O)CC2)CC1. The smallest absolute Gasteiger partial charge is 0.310 e. The van der Waals surface area contributed by atoms with Crippen LogP contribution in [0.2, 0.25) is 0 Å². The summed E-state index contributed by atoms with van der Waals surface area (Å²) >= 11 is 0. The van der Waals surface area contributed by atoms with E-state index >= 15 is 0 Å². The molecule has 1 aliphatic heterocycles. The molecule has 1 heterocycles. The van der Waals surface area contributed by atoms with Gasteiger partial charge in [-0.2, -0.15) is 0 Å². The lowest BCUT2D eigenvalue weighted by Gasteiger charge is -2.40. The van der Waals surface area contributed by atoms with Crippen molar-refractivity contribution < 1.29 is 9.90 Å². The lowest BCUT2D eigenvalue weighted by atomic mass is 9.73. The molecule has 0 radical (unpaired) electrons. The van der Waals surface area contributed by atoms with Crippen molar-refractivity contribution in [3.05, 3.63) is 0 Å². The van der Waals surface area contributed by atoms with Crippen molar-refractivity contribution in [2.75, 3.05) is 33.2 Å². The van der Waals surface area contributed by atoms with Crippen molar-refractivity contribution in [3.63, 3.8) is 0 Å². The summed E-state index contributed by atoms with van der Waals surface area (Å²) in [5, 5.41) is 12.6. The van der Waals surface area contributed by atoms with Crippen molar-refractivity contribution in [1.82, 2.24) is 10.2 Å². The second-order valence-electron chi connectivity index (χ2n) is 7.26. The molecule has 0 bridgehead atoms. The van der Waals surface area contributed by atoms with Gasteiger partial charge in [-0.25, -0.2) is 0 Å². The molecule has 1 saturated heterocycles. The van der Waals surface area contributed by atoms with Crippen LogP contribution in [0.1, 0.15) is 39.5 Å². The van der Waals surface area contributed by atoms with Crippen molar-refractivity contribution in [2.45, 2.75) is 39.5 Å². The monoisotopic (exact) mass is 268 g/mol. The molecule has 1 aliphatic carbocycles. The molecule has 0 unspecified atom stereocenters. The molecule has 4 heteroatoms. The molecule has 110 valence electrons. The van der Waals surface area contributed by atoms with Gasteiger partial charge in [0.1, 0.15) is 0 Å². The normalized spacial score (nSPS) is 24.4. The number of piperidine rings is 1. The van der Waals surface area contributed by atoms with E-state index in [4.69, 9.17) is 5.11 Å². The first-order valence-electron chi connectivity index (χ1n) is 7.48. The summed E-state index contributed by atoms with van der Waals surface area (Å²) in [7, 11) is 2.19. The minimum Gasteiger partial charge on any atom is -0.481 e. The van der Waals surface area contributed by atoms with Gasteiger partial charge in [0, 0.05) is 13.1 Å². The van der Waals surface area contributed by atoms with Gasteiger partial charge >= 0.3 is 5.97 Å². The average Bonchev–Trinajstić information content (AvgIpc) is 3.10. The molecular formula is C15H28N2O2. The van der Waals surface area contributed by atoms with E-state index in [1.54, 1.807) is 0 Å². The first-order chi connectivity index (χ1) is 8.86. The van der Waals surface area contributed by atoms with Crippen LogP contribution in [0.15, 0.2) is 0 Å². The Kier molecular flexibility index (Phi) is 4.21. The average molecular weight is 268 g/mol. The van der Waals surface area contributed by atoms with Crippen LogP contribution in [-0.2, 0) is 4.79 Å². The summed E-state index contributed by atoms with van der Waals surface area (Å²) in [6, 6.07) is 0. The van der Waals surface area contributed by atoms with Crippen LogP contribution in [0.4, 0.5) is 0 Å². The van der Waals surface area contributed by atoms with E-state index in [0.717, 1.165) is 25.3 Å². The fraction of sp³-hybridized carbons (Fsp3) is 0.933. The van der Waals surface area contributed by atoms with Gasteiger partial charge in [0.05, 0.1) is 5.41 Å². The second-order valence-corrected chi connectivity index (χ2v) is 7.26. The zero-order valence-electron chi connectivity index (χ0n) is 12.5. The summed E-state index contributed by atoms with van der Waals surface area (Å²) in [6.45, 7) is 8.57. The van der Waals surface area contributed by atoms with Crippen LogP contribution < -0.4 is 5.32 Å². The summed E-state index contributed by atoms with van der Waals surface area (Å²) in [5.74, 6) is 0.119. The van der Waals surface area contributed by atoms with Gasteiger partial charge in [-0.3, -0.25) is 4.79 Å². The zero-order valence-corrected chi connectivity index (χ0v) is 12.5. The fourth-order valence-corrected chi connectivity index (χ4v) is 3.18. The van der Waals surface area contributed by atoms with Crippen LogP contribution >= 0.6 is 0 Å². The van der Waals surface area contributed by atoms with Crippen LogP contribution in [0, 0.1) is 16.7 Å². The molecule has 0 aromatic carbocycles. The highest BCUT2D eigenvalue weighted by molar-refractivity contribution is 5.78. The molecule has 0 spiro atoms. The Labute approximate surface area is 116 Å². The van der Waals surface area contributed by atoms with E-state index in [2.05, 4.69) is 31.1 Å². The number of hydrogen-bond donors (Lipinski definition) is 2. The van der Waals surface area contributed by atoms with E-state index in [0.29, 0.717) is 6.54 Å². The van der Waals surface area contributed by atoms with E-state index in [-0.39, 0.29) is 5.41 Å². The van der Waals surface area contributed by atoms with E-state index in [9.17, 15) is 4.79 Å². The topological polar surface area (TPSA) is 52.6 Å². The second kappa shape index (κ2) is 5.41. The molecule has 2 fully saturated rings. The molecule has 1 saturated carbocycles. The molecule has 4 nitrogen and oxygen atoms in total. The van der Waals surface area contributed by atoms with E-state index < -0.39 is 11.4 Å². The zero-order chi connectivity index (χ0) is 14.1. The number of nitrogens with zero attached hydrogens (tertiary/aromatic N) is 1. The van der Waals surface area contributed by atoms with Gasteiger partial charge in [-0.1, -0.05) is 13.8 Å². The molecule has 0 aromatic heterocycles. The van der Waals surface area contributed by atoms with Gasteiger partial charge in [0.25, 0.3) is 0 Å². The van der Waals surface area contributed by atoms with Gasteiger partial charge in [-0.15, -0.1) is 0 Å². The third-order valence-corrected chi connectivity index (χ3v) is 5.17. The van der Waals surface area contributed by atoms with Crippen LogP contribution in [-0.4, -0.2) is 49.2 Å². The van der Waals surface area contributed by atoms with Crippen LogP contribution in [0.25, 0.3) is 0 Å². The number of carboxylic acid groups (broad SMARTS) is 1. The maximum atomic E-state index is 11.1. The number of likely N-dealkylation sites (tertiary alicyclic amines) is 1.